The first-order valence-corrected chi connectivity index (χ1v) is 13.5. The van der Waals surface area contributed by atoms with E-state index in [0.717, 1.165) is 60.8 Å². The molecule has 0 spiro atoms. The van der Waals surface area contributed by atoms with E-state index >= 15 is 0 Å². The van der Waals surface area contributed by atoms with Crippen LogP contribution in [0.5, 0.6) is 5.75 Å². The first kappa shape index (κ1) is 26.7. The second-order valence-corrected chi connectivity index (χ2v) is 9.99. The number of nitrogens with one attached hydrogen (secondary N) is 2. The van der Waals surface area contributed by atoms with Crippen LogP contribution in [0.1, 0.15) is 73.2 Å². The van der Waals surface area contributed by atoms with Gasteiger partial charge >= 0.3 is 5.97 Å². The summed E-state index contributed by atoms with van der Waals surface area (Å²) in [4.78, 5) is 24.2. The maximum absolute atomic E-state index is 12.5. The molecule has 7 heteroatoms. The van der Waals surface area contributed by atoms with E-state index in [4.69, 9.17) is 4.74 Å². The SMILES string of the molecule is CNCCCCCNC(=O)COc1ccccc1-c1c(C2CCCCC2)c2ccc(C(=O)O)cc2n1C. The number of aromatic carboxylic acids is 1. The molecule has 7 nitrogen and oxygen atoms in total. The standard InChI is InChI=1S/C30H39N3O4/c1-31-17-9-4-10-18-32-27(34)20-37-26-14-8-7-13-24(26)29-28(21-11-5-3-6-12-21)23-16-15-22(30(35)36)19-25(23)33(29)2/h7-8,13-16,19,21,31H,3-6,9-12,17-18,20H2,1-2H3,(H,32,34)(H,35,36). The summed E-state index contributed by atoms with van der Waals surface area (Å²) in [5, 5.41) is 16.8. The van der Waals surface area contributed by atoms with Crippen LogP contribution in [-0.2, 0) is 11.8 Å². The minimum Gasteiger partial charge on any atom is -0.483 e. The number of aryl methyl sites for hydroxylation is 1. The Morgan fingerprint density at radius 3 is 2.54 bits per heavy atom. The molecule has 0 unspecified atom stereocenters. The van der Waals surface area contributed by atoms with Crippen molar-refractivity contribution in [3.05, 3.63) is 53.6 Å². The fourth-order valence-electron chi connectivity index (χ4n) is 5.54. The lowest BCUT2D eigenvalue weighted by molar-refractivity contribution is -0.123. The van der Waals surface area contributed by atoms with E-state index in [9.17, 15) is 14.7 Å². The Balaban J connectivity index is 1.61. The van der Waals surface area contributed by atoms with Crippen molar-refractivity contribution >= 4 is 22.8 Å². The van der Waals surface area contributed by atoms with Crippen LogP contribution in [0, 0.1) is 0 Å². The third kappa shape index (κ3) is 6.34. The third-order valence-electron chi connectivity index (χ3n) is 7.43. The average Bonchev–Trinajstić information content (AvgIpc) is 3.21. The molecule has 1 fully saturated rings. The molecule has 1 aliphatic carbocycles. The van der Waals surface area contributed by atoms with Crippen molar-refractivity contribution in [3.8, 4) is 17.0 Å². The predicted molar refractivity (Wildman–Crippen MR) is 147 cm³/mol. The van der Waals surface area contributed by atoms with Gasteiger partial charge in [-0.25, -0.2) is 4.79 Å². The number of nitrogens with zero attached hydrogens (tertiary/aromatic N) is 1. The molecule has 1 aromatic heterocycles. The molecule has 0 aliphatic heterocycles. The van der Waals surface area contributed by atoms with Crippen LogP contribution >= 0.6 is 0 Å². The van der Waals surface area contributed by atoms with Crippen LogP contribution in [-0.4, -0.2) is 48.3 Å². The van der Waals surface area contributed by atoms with E-state index in [-0.39, 0.29) is 18.1 Å². The first-order valence-electron chi connectivity index (χ1n) is 13.5. The highest BCUT2D eigenvalue weighted by atomic mass is 16.5. The van der Waals surface area contributed by atoms with E-state index in [1.165, 1.54) is 24.8 Å². The number of carbonyl (C=O) groups is 2. The van der Waals surface area contributed by atoms with E-state index in [1.807, 2.05) is 44.4 Å². The van der Waals surface area contributed by atoms with Gasteiger partial charge < -0.3 is 25.0 Å². The Bertz CT molecular complexity index is 1230. The number of unbranched alkanes of at least 4 members (excludes halogenated alkanes) is 2. The summed E-state index contributed by atoms with van der Waals surface area (Å²) in [5.74, 6) is 0.00944. The number of benzene rings is 2. The molecule has 0 radical (unpaired) electrons. The molecule has 37 heavy (non-hydrogen) atoms. The molecule has 1 amide bonds. The molecular weight excluding hydrogens is 466 g/mol. The van der Waals surface area contributed by atoms with Crippen LogP contribution in [0.15, 0.2) is 42.5 Å². The van der Waals surface area contributed by atoms with E-state index in [1.54, 1.807) is 12.1 Å². The molecule has 198 valence electrons. The lowest BCUT2D eigenvalue weighted by atomic mass is 9.81. The van der Waals surface area contributed by atoms with Crippen LogP contribution < -0.4 is 15.4 Å². The molecule has 3 aromatic rings. The topological polar surface area (TPSA) is 92.6 Å². The molecule has 3 N–H and O–H groups in total. The lowest BCUT2D eigenvalue weighted by Gasteiger charge is -2.24. The minimum atomic E-state index is -0.930. The smallest absolute Gasteiger partial charge is 0.335 e. The zero-order chi connectivity index (χ0) is 26.2. The van der Waals surface area contributed by atoms with Gasteiger partial charge in [0.05, 0.1) is 11.3 Å². The number of carboxylic acid groups (broad SMARTS) is 1. The Morgan fingerprint density at radius 1 is 1.03 bits per heavy atom. The predicted octanol–water partition coefficient (Wildman–Crippen LogP) is 5.48. The largest absolute Gasteiger partial charge is 0.483 e. The van der Waals surface area contributed by atoms with Crippen molar-refractivity contribution in [1.29, 1.82) is 0 Å². The van der Waals surface area contributed by atoms with Crippen LogP contribution in [0.4, 0.5) is 0 Å². The van der Waals surface area contributed by atoms with Gasteiger partial charge in [0, 0.05) is 30.1 Å². The highest BCUT2D eigenvalue weighted by Crippen LogP contribution is 2.45. The van der Waals surface area contributed by atoms with Gasteiger partial charge in [-0.05, 0) is 75.0 Å². The Hall–Kier alpha value is -3.32. The number of hydrogen-bond acceptors (Lipinski definition) is 4. The van der Waals surface area contributed by atoms with Crippen molar-refractivity contribution in [2.45, 2.75) is 57.3 Å². The van der Waals surface area contributed by atoms with Crippen LogP contribution in [0.2, 0.25) is 0 Å². The number of hydrogen-bond donors (Lipinski definition) is 3. The van der Waals surface area contributed by atoms with Gasteiger partial charge in [0.2, 0.25) is 0 Å². The number of aromatic nitrogens is 1. The van der Waals surface area contributed by atoms with Crippen molar-refractivity contribution in [2.24, 2.45) is 7.05 Å². The zero-order valence-corrected chi connectivity index (χ0v) is 22.0. The normalized spacial score (nSPS) is 14.1. The molecule has 1 heterocycles. The average molecular weight is 506 g/mol. The van der Waals surface area contributed by atoms with Gasteiger partial charge in [0.1, 0.15) is 5.75 Å². The molecule has 2 aromatic carbocycles. The Kier molecular flexibility index (Phi) is 9.23. The fourth-order valence-corrected chi connectivity index (χ4v) is 5.54. The summed E-state index contributed by atoms with van der Waals surface area (Å²) < 4.78 is 8.17. The molecule has 1 aliphatic rings. The maximum Gasteiger partial charge on any atom is 0.335 e. The maximum atomic E-state index is 12.5. The van der Waals surface area contributed by atoms with Gasteiger partial charge in [-0.1, -0.05) is 43.9 Å². The fraction of sp³-hybridized carbons (Fsp3) is 0.467. The summed E-state index contributed by atoms with van der Waals surface area (Å²) in [6, 6.07) is 13.3. The highest BCUT2D eigenvalue weighted by Gasteiger charge is 2.27. The van der Waals surface area contributed by atoms with E-state index in [2.05, 4.69) is 15.2 Å². The van der Waals surface area contributed by atoms with Crippen molar-refractivity contribution in [2.75, 3.05) is 26.7 Å². The molecule has 0 saturated heterocycles. The number of carbonyl (C=O) groups excluding carboxylic acids is 1. The molecule has 0 atom stereocenters. The third-order valence-corrected chi connectivity index (χ3v) is 7.43. The van der Waals surface area contributed by atoms with Crippen molar-refractivity contribution < 1.29 is 19.4 Å². The van der Waals surface area contributed by atoms with Crippen molar-refractivity contribution in [1.82, 2.24) is 15.2 Å². The van der Waals surface area contributed by atoms with Crippen LogP contribution in [0.3, 0.4) is 0 Å². The van der Waals surface area contributed by atoms with Gasteiger partial charge in [0.15, 0.2) is 6.61 Å². The monoisotopic (exact) mass is 505 g/mol. The Morgan fingerprint density at radius 2 is 1.78 bits per heavy atom. The summed E-state index contributed by atoms with van der Waals surface area (Å²) in [7, 11) is 3.94. The number of fused-ring (bicyclic) bond motifs is 1. The van der Waals surface area contributed by atoms with Crippen LogP contribution in [0.25, 0.3) is 22.2 Å². The van der Waals surface area contributed by atoms with Gasteiger partial charge in [-0.3, -0.25) is 4.79 Å². The number of para-hydroxylation sites is 1. The molecular formula is C30H39N3O4. The summed E-state index contributed by atoms with van der Waals surface area (Å²) in [6.45, 7) is 1.59. The van der Waals surface area contributed by atoms with Gasteiger partial charge in [-0.15, -0.1) is 0 Å². The summed E-state index contributed by atoms with van der Waals surface area (Å²) in [6.07, 6.45) is 8.99. The molecule has 1 saturated carbocycles. The second kappa shape index (κ2) is 12.8. The summed E-state index contributed by atoms with van der Waals surface area (Å²) in [5.41, 5.74) is 4.42. The molecule has 4 rings (SSSR count). The van der Waals surface area contributed by atoms with E-state index < -0.39 is 5.97 Å². The van der Waals surface area contributed by atoms with Gasteiger partial charge in [0.25, 0.3) is 5.91 Å². The minimum absolute atomic E-state index is 0.0423. The quantitative estimate of drug-likeness (QED) is 0.284. The van der Waals surface area contributed by atoms with Gasteiger partial charge in [-0.2, -0.15) is 0 Å². The molecule has 0 bridgehead atoms. The lowest BCUT2D eigenvalue weighted by Crippen LogP contribution is -2.29. The number of carboxylic acids is 1. The Labute approximate surface area is 219 Å². The zero-order valence-electron chi connectivity index (χ0n) is 22.0. The number of amides is 1. The number of ether oxygens (including phenoxy) is 1. The highest BCUT2D eigenvalue weighted by molar-refractivity contribution is 5.98. The van der Waals surface area contributed by atoms with Crippen molar-refractivity contribution in [3.63, 3.8) is 0 Å². The summed E-state index contributed by atoms with van der Waals surface area (Å²) >= 11 is 0. The first-order chi connectivity index (χ1) is 18.0. The second-order valence-electron chi connectivity index (χ2n) is 9.99. The van der Waals surface area contributed by atoms with E-state index in [0.29, 0.717) is 18.2 Å². The number of rotatable bonds is 12.